The summed E-state index contributed by atoms with van der Waals surface area (Å²) >= 11 is 5.79. The number of hydrogen-bond acceptors (Lipinski definition) is 3. The lowest BCUT2D eigenvalue weighted by molar-refractivity contribution is -0.137. The van der Waals surface area contributed by atoms with Gasteiger partial charge < -0.3 is 0 Å². The van der Waals surface area contributed by atoms with Gasteiger partial charge in [0.1, 0.15) is 4.90 Å². The molecule has 1 N–H and O–H groups in total. The average molecular weight is 416 g/mol. The Morgan fingerprint density at radius 3 is 2.48 bits per heavy atom. The fraction of sp³-hybridized carbons (Fsp3) is 0.118. The van der Waals surface area contributed by atoms with Gasteiger partial charge >= 0.3 is 6.18 Å². The van der Waals surface area contributed by atoms with Crippen molar-refractivity contribution in [1.82, 2.24) is 14.5 Å². The van der Waals surface area contributed by atoms with E-state index in [0.29, 0.717) is 11.6 Å². The predicted molar refractivity (Wildman–Crippen MR) is 94.0 cm³/mol. The molecule has 3 rings (SSSR count). The zero-order chi connectivity index (χ0) is 19.7. The Labute approximate surface area is 158 Å². The second-order valence-corrected chi connectivity index (χ2v) is 7.74. The second-order valence-electron chi connectivity index (χ2n) is 5.60. The highest BCUT2D eigenvalue weighted by Crippen LogP contribution is 2.33. The maximum absolute atomic E-state index is 12.8. The molecule has 0 saturated carbocycles. The Bertz CT molecular complexity index is 1050. The minimum absolute atomic E-state index is 0.151. The van der Waals surface area contributed by atoms with Gasteiger partial charge in [0.25, 0.3) is 0 Å². The van der Waals surface area contributed by atoms with Crippen molar-refractivity contribution in [2.75, 3.05) is 0 Å². The summed E-state index contributed by atoms with van der Waals surface area (Å²) in [4.78, 5) is -0.630. The highest BCUT2D eigenvalue weighted by atomic mass is 35.5. The number of halogens is 4. The first-order valence-electron chi connectivity index (χ1n) is 7.62. The number of aromatic nitrogens is 2. The summed E-state index contributed by atoms with van der Waals surface area (Å²) in [6, 6.07) is 11.3. The monoisotopic (exact) mass is 415 g/mol. The van der Waals surface area contributed by atoms with E-state index in [-0.39, 0.29) is 11.6 Å². The van der Waals surface area contributed by atoms with Crippen LogP contribution in [-0.4, -0.2) is 18.2 Å². The van der Waals surface area contributed by atoms with Gasteiger partial charge in [-0.25, -0.2) is 17.8 Å². The van der Waals surface area contributed by atoms with E-state index in [1.165, 1.54) is 6.20 Å². The number of nitrogens with one attached hydrogen (secondary N) is 1. The van der Waals surface area contributed by atoms with Crippen LogP contribution in [-0.2, 0) is 22.7 Å². The summed E-state index contributed by atoms with van der Waals surface area (Å²) in [6.07, 6.45) is -1.60. The van der Waals surface area contributed by atoms with Crippen molar-refractivity contribution in [1.29, 1.82) is 0 Å². The number of alkyl halides is 3. The zero-order valence-corrected chi connectivity index (χ0v) is 15.2. The molecule has 0 saturated heterocycles. The minimum atomic E-state index is -4.67. The molecule has 1 aromatic heterocycles. The highest BCUT2D eigenvalue weighted by molar-refractivity contribution is 7.89. The van der Waals surface area contributed by atoms with Crippen LogP contribution in [0.4, 0.5) is 13.2 Å². The fourth-order valence-electron chi connectivity index (χ4n) is 2.32. The third-order valence-electron chi connectivity index (χ3n) is 3.67. The van der Waals surface area contributed by atoms with Crippen molar-refractivity contribution in [3.05, 3.63) is 77.1 Å². The van der Waals surface area contributed by atoms with Gasteiger partial charge in [-0.15, -0.1) is 0 Å². The van der Waals surface area contributed by atoms with Crippen LogP contribution in [0.25, 0.3) is 5.69 Å². The van der Waals surface area contributed by atoms with Crippen LogP contribution in [0.3, 0.4) is 0 Å². The summed E-state index contributed by atoms with van der Waals surface area (Å²) in [5.41, 5.74) is 0.224. The Morgan fingerprint density at radius 2 is 1.81 bits per heavy atom. The lowest BCUT2D eigenvalue weighted by Crippen LogP contribution is -2.24. The molecular weight excluding hydrogens is 403 g/mol. The van der Waals surface area contributed by atoms with Crippen LogP contribution >= 0.6 is 11.6 Å². The average Bonchev–Trinajstić information content (AvgIpc) is 3.09. The summed E-state index contributed by atoms with van der Waals surface area (Å²) < 4.78 is 67.1. The summed E-state index contributed by atoms with van der Waals surface area (Å²) in [7, 11) is -4.25. The molecule has 0 bridgehead atoms. The lowest BCUT2D eigenvalue weighted by atomic mass is 10.2. The number of para-hydroxylation sites is 1. The fourth-order valence-corrected chi connectivity index (χ4v) is 3.86. The van der Waals surface area contributed by atoms with Crippen molar-refractivity contribution in [2.24, 2.45) is 0 Å². The molecule has 5 nitrogen and oxygen atoms in total. The maximum atomic E-state index is 12.8. The molecule has 1 heterocycles. The van der Waals surface area contributed by atoms with E-state index in [9.17, 15) is 21.6 Å². The number of benzene rings is 2. The summed E-state index contributed by atoms with van der Waals surface area (Å²) in [6.45, 7) is -0.151. The molecule has 0 fully saturated rings. The molecule has 0 spiro atoms. The van der Waals surface area contributed by atoms with E-state index in [1.807, 2.05) is 30.3 Å². The van der Waals surface area contributed by atoms with Gasteiger partial charge in [-0.2, -0.15) is 18.3 Å². The third kappa shape index (κ3) is 4.49. The van der Waals surface area contributed by atoms with Gasteiger partial charge in [0.05, 0.1) is 22.5 Å². The Kier molecular flexibility index (Phi) is 5.27. The molecule has 0 amide bonds. The first kappa shape index (κ1) is 19.4. The Morgan fingerprint density at radius 1 is 1.11 bits per heavy atom. The molecule has 3 aromatic rings. The second kappa shape index (κ2) is 7.34. The van der Waals surface area contributed by atoms with Crippen molar-refractivity contribution in [2.45, 2.75) is 17.6 Å². The van der Waals surface area contributed by atoms with Gasteiger partial charge in [-0.05, 0) is 30.3 Å². The number of nitrogens with zero attached hydrogens (tertiary/aromatic N) is 2. The van der Waals surface area contributed by atoms with E-state index in [2.05, 4.69) is 9.82 Å². The summed E-state index contributed by atoms with van der Waals surface area (Å²) in [5.74, 6) is 0. The molecule has 0 aliphatic heterocycles. The molecule has 142 valence electrons. The van der Waals surface area contributed by atoms with E-state index < -0.39 is 26.7 Å². The largest absolute Gasteiger partial charge is 0.416 e. The normalized spacial score (nSPS) is 12.3. The predicted octanol–water partition coefficient (Wildman–Crippen LogP) is 4.02. The molecule has 0 unspecified atom stereocenters. The first-order valence-corrected chi connectivity index (χ1v) is 9.48. The smallest absolute Gasteiger partial charge is 0.241 e. The quantitative estimate of drug-likeness (QED) is 0.684. The number of rotatable bonds is 5. The van der Waals surface area contributed by atoms with E-state index in [4.69, 9.17) is 11.6 Å². The number of hydrogen-bond donors (Lipinski definition) is 1. The SMILES string of the molecule is O=S(=O)(NCc1cnn(-c2ccccc2)c1)c1cc(C(F)(F)F)ccc1Cl. The highest BCUT2D eigenvalue weighted by Gasteiger charge is 2.32. The molecule has 0 radical (unpaired) electrons. The van der Waals surface area contributed by atoms with Crippen molar-refractivity contribution in [3.63, 3.8) is 0 Å². The van der Waals surface area contributed by atoms with Crippen LogP contribution < -0.4 is 4.72 Å². The van der Waals surface area contributed by atoms with Gasteiger partial charge in [0, 0.05) is 18.3 Å². The third-order valence-corrected chi connectivity index (χ3v) is 5.55. The van der Waals surface area contributed by atoms with Gasteiger partial charge in [-0.1, -0.05) is 29.8 Å². The van der Waals surface area contributed by atoms with Crippen LogP contribution in [0.2, 0.25) is 5.02 Å². The molecule has 2 aromatic carbocycles. The molecule has 0 atom stereocenters. The first-order chi connectivity index (χ1) is 12.7. The van der Waals surface area contributed by atoms with E-state index >= 15 is 0 Å². The lowest BCUT2D eigenvalue weighted by Gasteiger charge is -2.11. The molecule has 27 heavy (non-hydrogen) atoms. The standard InChI is InChI=1S/C17H13ClF3N3O2S/c18-15-7-6-13(17(19,20)21)8-16(15)27(25,26)23-10-12-9-22-24(11-12)14-4-2-1-3-5-14/h1-9,11,23H,10H2. The Balaban J connectivity index is 1.79. The molecule has 0 aliphatic carbocycles. The van der Waals surface area contributed by atoms with Crippen LogP contribution in [0.5, 0.6) is 0 Å². The van der Waals surface area contributed by atoms with Crippen LogP contribution in [0, 0.1) is 0 Å². The molecule has 10 heteroatoms. The zero-order valence-electron chi connectivity index (χ0n) is 13.6. The minimum Gasteiger partial charge on any atom is -0.241 e. The van der Waals surface area contributed by atoms with E-state index in [1.54, 1.807) is 10.9 Å². The number of sulfonamides is 1. The van der Waals surface area contributed by atoms with Crippen molar-refractivity contribution in [3.8, 4) is 5.69 Å². The van der Waals surface area contributed by atoms with E-state index in [0.717, 1.165) is 17.8 Å². The maximum Gasteiger partial charge on any atom is 0.416 e. The van der Waals surface area contributed by atoms with Gasteiger partial charge in [0.15, 0.2) is 0 Å². The van der Waals surface area contributed by atoms with Crippen molar-refractivity contribution >= 4 is 21.6 Å². The van der Waals surface area contributed by atoms with Crippen molar-refractivity contribution < 1.29 is 21.6 Å². The molecule has 0 aliphatic rings. The van der Waals surface area contributed by atoms with Gasteiger partial charge in [-0.3, -0.25) is 0 Å². The Hall–Kier alpha value is -2.36. The molecular formula is C17H13ClF3N3O2S. The van der Waals surface area contributed by atoms with Crippen LogP contribution in [0.15, 0.2) is 65.8 Å². The van der Waals surface area contributed by atoms with Gasteiger partial charge in [0.2, 0.25) is 10.0 Å². The summed E-state index contributed by atoms with van der Waals surface area (Å²) in [5, 5.41) is 3.83. The van der Waals surface area contributed by atoms with Crippen LogP contribution in [0.1, 0.15) is 11.1 Å². The topological polar surface area (TPSA) is 64.0 Å².